The lowest BCUT2D eigenvalue weighted by molar-refractivity contribution is 0.179. The van der Waals surface area contributed by atoms with Gasteiger partial charge in [0.15, 0.2) is 5.13 Å². The van der Waals surface area contributed by atoms with Gasteiger partial charge in [-0.15, -0.1) is 0 Å². The number of rotatable bonds is 6. The van der Waals surface area contributed by atoms with Gasteiger partial charge in [0.25, 0.3) is 0 Å². The summed E-state index contributed by atoms with van der Waals surface area (Å²) >= 11 is 1.46. The van der Waals surface area contributed by atoms with Gasteiger partial charge in [-0.05, 0) is 12.1 Å². The van der Waals surface area contributed by atoms with Crippen LogP contribution in [0.15, 0.2) is 24.3 Å². The molecule has 2 aromatic rings. The second-order valence-corrected chi connectivity index (χ2v) is 5.28. The molecule has 0 aliphatic carbocycles. The molecule has 1 aromatic heterocycles. The van der Waals surface area contributed by atoms with Gasteiger partial charge in [-0.1, -0.05) is 17.4 Å². The van der Waals surface area contributed by atoms with E-state index < -0.39 is 0 Å². The van der Waals surface area contributed by atoms with Crippen LogP contribution in [0.2, 0.25) is 0 Å². The largest absolute Gasteiger partial charge is 0.497 e. The van der Waals surface area contributed by atoms with Crippen LogP contribution in [-0.2, 0) is 18.0 Å². The van der Waals surface area contributed by atoms with Gasteiger partial charge in [0.2, 0.25) is 0 Å². The van der Waals surface area contributed by atoms with E-state index in [9.17, 15) is 5.11 Å². The zero-order valence-electron chi connectivity index (χ0n) is 11.8. The molecular formula is C14H18N2O3S. The van der Waals surface area contributed by atoms with Crippen molar-refractivity contribution in [3.63, 3.8) is 0 Å². The molecule has 5 nitrogen and oxygen atoms in total. The van der Waals surface area contributed by atoms with Gasteiger partial charge in [0.05, 0.1) is 30.9 Å². The quantitative estimate of drug-likeness (QED) is 0.887. The number of ether oxygens (including phenoxy) is 2. The molecule has 0 amide bonds. The summed E-state index contributed by atoms with van der Waals surface area (Å²) in [7, 11) is 5.19. The van der Waals surface area contributed by atoms with Crippen molar-refractivity contribution in [1.82, 2.24) is 4.98 Å². The fourth-order valence-electron chi connectivity index (χ4n) is 1.82. The topological polar surface area (TPSA) is 54.8 Å². The van der Waals surface area contributed by atoms with E-state index in [-0.39, 0.29) is 6.61 Å². The highest BCUT2D eigenvalue weighted by atomic mass is 32.1. The predicted octanol–water partition coefficient (Wildman–Crippen LogP) is 2.56. The molecule has 0 atom stereocenters. The zero-order chi connectivity index (χ0) is 14.5. The number of aliphatic hydroxyl groups is 1. The first-order valence-corrected chi connectivity index (χ1v) is 6.97. The number of hydrogen-bond acceptors (Lipinski definition) is 6. The van der Waals surface area contributed by atoms with Crippen LogP contribution >= 0.6 is 11.3 Å². The highest BCUT2D eigenvalue weighted by Gasteiger charge is 2.14. The smallest absolute Gasteiger partial charge is 0.190 e. The van der Waals surface area contributed by atoms with Gasteiger partial charge in [-0.25, -0.2) is 4.98 Å². The van der Waals surface area contributed by atoms with E-state index >= 15 is 0 Å². The number of anilines is 2. The van der Waals surface area contributed by atoms with Crippen LogP contribution in [0.25, 0.3) is 0 Å². The maximum Gasteiger partial charge on any atom is 0.190 e. The Morgan fingerprint density at radius 2 is 2.15 bits per heavy atom. The Bertz CT molecular complexity index is 571. The third-order valence-corrected chi connectivity index (χ3v) is 4.08. The first-order valence-electron chi connectivity index (χ1n) is 6.15. The van der Waals surface area contributed by atoms with Crippen LogP contribution in [0, 0.1) is 0 Å². The first kappa shape index (κ1) is 14.8. The first-order chi connectivity index (χ1) is 9.69. The fraction of sp³-hybridized carbons (Fsp3) is 0.357. The van der Waals surface area contributed by atoms with Gasteiger partial charge in [0, 0.05) is 25.9 Å². The second-order valence-electron chi connectivity index (χ2n) is 4.22. The third kappa shape index (κ3) is 3.09. The summed E-state index contributed by atoms with van der Waals surface area (Å²) in [6.45, 7) is 0.376. The lowest BCUT2D eigenvalue weighted by Gasteiger charge is -2.16. The number of benzene rings is 1. The van der Waals surface area contributed by atoms with Crippen molar-refractivity contribution in [3.05, 3.63) is 34.8 Å². The highest BCUT2D eigenvalue weighted by molar-refractivity contribution is 7.15. The number of aromatic nitrogens is 1. The van der Waals surface area contributed by atoms with Gasteiger partial charge in [-0.2, -0.15) is 0 Å². The summed E-state index contributed by atoms with van der Waals surface area (Å²) in [6.07, 6.45) is 0. The van der Waals surface area contributed by atoms with Gasteiger partial charge >= 0.3 is 0 Å². The molecule has 0 aliphatic heterocycles. The average molecular weight is 294 g/mol. The molecule has 0 fully saturated rings. The van der Waals surface area contributed by atoms with E-state index in [1.807, 2.05) is 36.2 Å². The number of nitrogens with zero attached hydrogens (tertiary/aromatic N) is 2. The third-order valence-electron chi connectivity index (χ3n) is 2.92. The van der Waals surface area contributed by atoms with Gasteiger partial charge in [0.1, 0.15) is 5.75 Å². The van der Waals surface area contributed by atoms with Crippen molar-refractivity contribution in [2.75, 3.05) is 26.2 Å². The minimum Gasteiger partial charge on any atom is -0.497 e. The Hall–Kier alpha value is -1.63. The predicted molar refractivity (Wildman–Crippen MR) is 79.8 cm³/mol. The minimum absolute atomic E-state index is 0.0255. The molecule has 0 saturated heterocycles. The van der Waals surface area contributed by atoms with Crippen LogP contribution in [-0.4, -0.2) is 31.4 Å². The summed E-state index contributed by atoms with van der Waals surface area (Å²) in [5.74, 6) is 0.797. The standard InChI is InChI=1S/C14H18N2O3S/c1-16(10-5-4-6-11(7-10)19-3)14-15-12(9-18-2)13(8-17)20-14/h4-7,17H,8-9H2,1-3H3. The molecule has 0 bridgehead atoms. The molecule has 0 saturated carbocycles. The molecule has 0 unspecified atom stereocenters. The molecule has 0 radical (unpaired) electrons. The van der Waals surface area contributed by atoms with Crippen LogP contribution in [0.1, 0.15) is 10.6 Å². The number of hydrogen-bond donors (Lipinski definition) is 1. The van der Waals surface area contributed by atoms with Crippen molar-refractivity contribution >= 4 is 22.2 Å². The monoisotopic (exact) mass is 294 g/mol. The van der Waals surface area contributed by atoms with E-state index in [0.29, 0.717) is 6.61 Å². The molecule has 20 heavy (non-hydrogen) atoms. The number of thiazole rings is 1. The van der Waals surface area contributed by atoms with E-state index in [1.165, 1.54) is 11.3 Å². The van der Waals surface area contributed by atoms with Crippen molar-refractivity contribution in [2.24, 2.45) is 0 Å². The fourth-order valence-corrected chi connectivity index (χ4v) is 2.72. The molecule has 0 aliphatic rings. The Morgan fingerprint density at radius 3 is 2.80 bits per heavy atom. The number of aliphatic hydroxyl groups excluding tert-OH is 1. The van der Waals surface area contributed by atoms with Crippen molar-refractivity contribution in [3.8, 4) is 5.75 Å². The number of methoxy groups -OCH3 is 2. The van der Waals surface area contributed by atoms with Gasteiger partial charge < -0.3 is 19.5 Å². The Labute approximate surface area is 122 Å². The maximum absolute atomic E-state index is 9.37. The molecule has 0 spiro atoms. The van der Waals surface area contributed by atoms with Crippen LogP contribution < -0.4 is 9.64 Å². The van der Waals surface area contributed by atoms with Crippen LogP contribution in [0.3, 0.4) is 0 Å². The molecule has 6 heteroatoms. The van der Waals surface area contributed by atoms with Crippen LogP contribution in [0.5, 0.6) is 5.75 Å². The minimum atomic E-state index is -0.0255. The summed E-state index contributed by atoms with van der Waals surface area (Å²) in [5, 5.41) is 10.2. The lowest BCUT2D eigenvalue weighted by Crippen LogP contribution is -2.09. The normalized spacial score (nSPS) is 10.6. The molecule has 1 N–H and O–H groups in total. The summed E-state index contributed by atoms with van der Waals surface area (Å²) in [5.41, 5.74) is 1.76. The molecule has 1 aromatic carbocycles. The van der Waals surface area contributed by atoms with E-state index in [0.717, 1.165) is 27.1 Å². The van der Waals surface area contributed by atoms with Crippen LogP contribution in [0.4, 0.5) is 10.8 Å². The van der Waals surface area contributed by atoms with E-state index in [2.05, 4.69) is 4.98 Å². The second kappa shape index (κ2) is 6.69. The highest BCUT2D eigenvalue weighted by Crippen LogP contribution is 2.32. The van der Waals surface area contributed by atoms with Crippen molar-refractivity contribution < 1.29 is 14.6 Å². The van der Waals surface area contributed by atoms with Crippen molar-refractivity contribution in [1.29, 1.82) is 0 Å². The SMILES string of the molecule is COCc1nc(N(C)c2cccc(OC)c2)sc1CO. The lowest BCUT2D eigenvalue weighted by atomic mass is 10.3. The van der Waals surface area contributed by atoms with Crippen molar-refractivity contribution in [2.45, 2.75) is 13.2 Å². The zero-order valence-corrected chi connectivity index (χ0v) is 12.6. The average Bonchev–Trinajstić information content (AvgIpc) is 2.90. The molecule has 2 rings (SSSR count). The van der Waals surface area contributed by atoms with E-state index in [4.69, 9.17) is 9.47 Å². The Balaban J connectivity index is 2.29. The summed E-state index contributed by atoms with van der Waals surface area (Å²) < 4.78 is 10.3. The Morgan fingerprint density at radius 1 is 1.35 bits per heavy atom. The maximum atomic E-state index is 9.37. The van der Waals surface area contributed by atoms with Gasteiger partial charge in [-0.3, -0.25) is 0 Å². The van der Waals surface area contributed by atoms with E-state index in [1.54, 1.807) is 14.2 Å². The molecular weight excluding hydrogens is 276 g/mol. The molecule has 108 valence electrons. The summed E-state index contributed by atoms with van der Waals surface area (Å²) in [6, 6.07) is 7.75. The Kier molecular flexibility index (Phi) is 4.94. The summed E-state index contributed by atoms with van der Waals surface area (Å²) in [4.78, 5) is 7.32. The molecule has 1 heterocycles.